The van der Waals surface area contributed by atoms with Crippen molar-refractivity contribution in [3.63, 3.8) is 0 Å². The second-order valence-electron chi connectivity index (χ2n) is 8.68. The maximum atomic E-state index is 13.8. The molecule has 8 nitrogen and oxygen atoms in total. The predicted octanol–water partition coefficient (Wildman–Crippen LogP) is 4.31. The van der Waals surface area contributed by atoms with Gasteiger partial charge >= 0.3 is 0 Å². The molecule has 3 aromatic carbocycles. The largest absolute Gasteiger partial charge is 0.274 e. The van der Waals surface area contributed by atoms with Crippen molar-refractivity contribution in [1.82, 2.24) is 24.6 Å². The van der Waals surface area contributed by atoms with Gasteiger partial charge in [0, 0.05) is 12.1 Å². The van der Waals surface area contributed by atoms with Gasteiger partial charge in [-0.25, -0.2) is 9.55 Å². The van der Waals surface area contributed by atoms with E-state index >= 15 is 0 Å². The molecule has 0 spiro atoms. The summed E-state index contributed by atoms with van der Waals surface area (Å²) in [5.74, 6) is -0.0856. The zero-order chi connectivity index (χ0) is 25.5. The third-order valence-corrected chi connectivity index (χ3v) is 7.47. The number of imide groups is 1. The quantitative estimate of drug-likeness (QED) is 0.318. The van der Waals surface area contributed by atoms with E-state index < -0.39 is 0 Å². The van der Waals surface area contributed by atoms with Crippen molar-refractivity contribution in [3.05, 3.63) is 105 Å². The molecule has 2 aromatic heterocycles. The number of fused-ring (bicyclic) bond motifs is 2. The van der Waals surface area contributed by atoms with E-state index in [1.54, 1.807) is 30.3 Å². The molecule has 6 rings (SSSR count). The summed E-state index contributed by atoms with van der Waals surface area (Å²) in [6.07, 6.45) is 1.14. The lowest BCUT2D eigenvalue weighted by molar-refractivity contribution is 0.0656. The van der Waals surface area contributed by atoms with Gasteiger partial charge in [-0.2, -0.15) is 0 Å². The Bertz CT molecular complexity index is 1710. The second kappa shape index (κ2) is 9.18. The van der Waals surface area contributed by atoms with Gasteiger partial charge in [0.1, 0.15) is 10.8 Å². The van der Waals surface area contributed by atoms with Crippen LogP contribution >= 0.6 is 11.3 Å². The molecule has 0 unspecified atom stereocenters. The molecule has 0 saturated heterocycles. The van der Waals surface area contributed by atoms with Crippen molar-refractivity contribution < 1.29 is 9.59 Å². The number of carbonyl (C=O) groups is 2. The number of hydrogen-bond donors (Lipinski definition) is 0. The van der Waals surface area contributed by atoms with Crippen LogP contribution in [0.15, 0.2) is 77.6 Å². The average molecular weight is 508 g/mol. The van der Waals surface area contributed by atoms with E-state index in [9.17, 15) is 14.4 Å². The third-order valence-electron chi connectivity index (χ3n) is 6.42. The van der Waals surface area contributed by atoms with Crippen LogP contribution in [0.1, 0.15) is 38.2 Å². The first-order valence-corrected chi connectivity index (χ1v) is 12.8. The first kappa shape index (κ1) is 22.9. The molecule has 0 bridgehead atoms. The van der Waals surface area contributed by atoms with E-state index in [4.69, 9.17) is 4.98 Å². The summed E-state index contributed by atoms with van der Waals surface area (Å²) in [6, 6.07) is 21.8. The SMILES string of the molecule is CCc1nnc(-n2c(-c3ccccc3)nc3ccc(CCN4C(=O)c5ccccc5C4=O)cc3c2=O)s1. The molecular formula is C28H21N5O3S. The number of carbonyl (C=O) groups excluding carboxylic acids is 2. The Labute approximate surface area is 215 Å². The summed E-state index contributed by atoms with van der Waals surface area (Å²) >= 11 is 1.36. The lowest BCUT2D eigenvalue weighted by Gasteiger charge is -2.14. The molecule has 0 aliphatic carbocycles. The fourth-order valence-corrected chi connectivity index (χ4v) is 5.29. The molecule has 0 radical (unpaired) electrons. The van der Waals surface area contributed by atoms with Gasteiger partial charge in [-0.15, -0.1) is 10.2 Å². The fraction of sp³-hybridized carbons (Fsp3) is 0.143. The summed E-state index contributed by atoms with van der Waals surface area (Å²) in [5.41, 5.74) is 2.79. The highest BCUT2D eigenvalue weighted by atomic mass is 32.1. The number of aromatic nitrogens is 4. The zero-order valence-corrected chi connectivity index (χ0v) is 20.7. The molecule has 9 heteroatoms. The number of nitrogens with zero attached hydrogens (tertiary/aromatic N) is 5. The van der Waals surface area contributed by atoms with Gasteiger partial charge in [0.15, 0.2) is 0 Å². The third kappa shape index (κ3) is 3.93. The van der Waals surface area contributed by atoms with Crippen LogP contribution in [0.5, 0.6) is 0 Å². The lowest BCUT2D eigenvalue weighted by Crippen LogP contribution is -2.31. The predicted molar refractivity (Wildman–Crippen MR) is 141 cm³/mol. The molecule has 5 aromatic rings. The van der Waals surface area contributed by atoms with Crippen molar-refractivity contribution in [2.75, 3.05) is 6.54 Å². The Morgan fingerprint density at radius 2 is 1.54 bits per heavy atom. The fourth-order valence-electron chi connectivity index (χ4n) is 4.51. The second-order valence-corrected chi connectivity index (χ2v) is 9.72. The van der Waals surface area contributed by atoms with Gasteiger partial charge in [0.05, 0.1) is 22.0 Å². The van der Waals surface area contributed by atoms with Gasteiger partial charge in [-0.3, -0.25) is 19.3 Å². The topological polar surface area (TPSA) is 98.1 Å². The molecule has 3 heterocycles. The van der Waals surface area contributed by atoms with Crippen molar-refractivity contribution in [1.29, 1.82) is 0 Å². The first-order chi connectivity index (χ1) is 18.0. The van der Waals surface area contributed by atoms with Gasteiger partial charge in [0.2, 0.25) is 5.13 Å². The number of amides is 2. The summed E-state index contributed by atoms with van der Waals surface area (Å²) in [5, 5.41) is 10.2. The summed E-state index contributed by atoms with van der Waals surface area (Å²) in [7, 11) is 0. The first-order valence-electron chi connectivity index (χ1n) is 11.9. The normalized spacial score (nSPS) is 12.9. The van der Waals surface area contributed by atoms with Crippen LogP contribution < -0.4 is 5.56 Å². The Balaban J connectivity index is 1.39. The van der Waals surface area contributed by atoms with E-state index in [1.165, 1.54) is 20.8 Å². The van der Waals surface area contributed by atoms with E-state index in [2.05, 4.69) is 10.2 Å². The van der Waals surface area contributed by atoms with E-state index in [1.807, 2.05) is 49.4 Å². The highest BCUT2D eigenvalue weighted by molar-refractivity contribution is 7.13. The van der Waals surface area contributed by atoms with Crippen molar-refractivity contribution in [2.24, 2.45) is 0 Å². The minimum absolute atomic E-state index is 0.220. The highest BCUT2D eigenvalue weighted by Gasteiger charge is 2.34. The van der Waals surface area contributed by atoms with Crippen LogP contribution in [0, 0.1) is 0 Å². The van der Waals surface area contributed by atoms with Crippen molar-refractivity contribution in [2.45, 2.75) is 19.8 Å². The Morgan fingerprint density at radius 3 is 2.22 bits per heavy atom. The number of rotatable bonds is 6. The van der Waals surface area contributed by atoms with Gasteiger partial charge < -0.3 is 0 Å². The summed E-state index contributed by atoms with van der Waals surface area (Å²) in [4.78, 5) is 45.4. The van der Waals surface area contributed by atoms with E-state index in [0.717, 1.165) is 22.6 Å². The average Bonchev–Trinajstić information content (AvgIpc) is 3.51. The molecule has 1 aliphatic rings. The maximum Gasteiger partial charge on any atom is 0.268 e. The molecular weight excluding hydrogens is 486 g/mol. The molecule has 2 amide bonds. The molecule has 0 fully saturated rings. The van der Waals surface area contributed by atoms with Crippen LogP contribution in [0.2, 0.25) is 0 Å². The smallest absolute Gasteiger partial charge is 0.268 e. The monoisotopic (exact) mass is 507 g/mol. The number of hydrogen-bond acceptors (Lipinski definition) is 7. The Morgan fingerprint density at radius 1 is 0.838 bits per heavy atom. The molecule has 37 heavy (non-hydrogen) atoms. The number of benzene rings is 3. The molecule has 0 N–H and O–H groups in total. The van der Waals surface area contributed by atoms with E-state index in [0.29, 0.717) is 39.4 Å². The minimum Gasteiger partial charge on any atom is -0.274 e. The Hall–Kier alpha value is -4.50. The molecule has 0 saturated carbocycles. The van der Waals surface area contributed by atoms with Crippen molar-refractivity contribution in [3.8, 4) is 16.5 Å². The summed E-state index contributed by atoms with van der Waals surface area (Å²) < 4.78 is 1.52. The zero-order valence-electron chi connectivity index (χ0n) is 19.9. The van der Waals surface area contributed by atoms with Crippen molar-refractivity contribution >= 4 is 34.1 Å². The molecule has 182 valence electrons. The minimum atomic E-state index is -0.291. The van der Waals surface area contributed by atoms with Crippen LogP contribution in [0.25, 0.3) is 27.4 Å². The highest BCUT2D eigenvalue weighted by Crippen LogP contribution is 2.26. The molecule has 1 aliphatic heterocycles. The van der Waals surface area contributed by atoms with Crippen LogP contribution in [-0.2, 0) is 12.8 Å². The van der Waals surface area contributed by atoms with Gasteiger partial charge in [-0.1, -0.05) is 66.8 Å². The van der Waals surface area contributed by atoms with E-state index in [-0.39, 0.29) is 23.9 Å². The maximum absolute atomic E-state index is 13.8. The molecule has 0 atom stereocenters. The van der Waals surface area contributed by atoms with Gasteiger partial charge in [-0.05, 0) is 42.7 Å². The van der Waals surface area contributed by atoms with Crippen LogP contribution in [0.4, 0.5) is 0 Å². The van der Waals surface area contributed by atoms with Crippen LogP contribution in [-0.4, -0.2) is 43.0 Å². The Kier molecular flexibility index (Phi) is 5.69. The lowest BCUT2D eigenvalue weighted by atomic mass is 10.1. The standard InChI is InChI=1S/C28H21N5O3S/c1-2-23-30-31-28(37-23)33-24(18-8-4-3-5-9-18)29-22-13-12-17(16-21(22)27(33)36)14-15-32-25(34)19-10-6-7-11-20(19)26(32)35/h3-13,16H,2,14-15H2,1H3. The number of aryl methyl sites for hydroxylation is 1. The summed E-state index contributed by atoms with van der Waals surface area (Å²) in [6.45, 7) is 2.21. The van der Waals surface area contributed by atoms with Crippen LogP contribution in [0.3, 0.4) is 0 Å². The van der Waals surface area contributed by atoms with Gasteiger partial charge in [0.25, 0.3) is 17.4 Å².